The maximum Gasteiger partial charge on any atom is 0.335 e. The number of carbonyl (C=O) groups is 5. The van der Waals surface area contributed by atoms with E-state index in [1.54, 1.807) is 18.2 Å². The first kappa shape index (κ1) is 24.2. The molecule has 3 aliphatic carbocycles. The number of aromatic hydroxyl groups is 1. The van der Waals surface area contributed by atoms with E-state index >= 15 is 0 Å². The van der Waals surface area contributed by atoms with Gasteiger partial charge in [0, 0.05) is 23.1 Å². The summed E-state index contributed by atoms with van der Waals surface area (Å²) in [6.07, 6.45) is 3.52. The molecule has 0 saturated carbocycles. The van der Waals surface area contributed by atoms with Gasteiger partial charge in [0.1, 0.15) is 5.75 Å². The van der Waals surface area contributed by atoms with Crippen LogP contribution in [0.2, 0.25) is 0 Å². The zero-order valence-electron chi connectivity index (χ0n) is 19.8. The molecule has 1 fully saturated rings. The van der Waals surface area contributed by atoms with Crippen molar-refractivity contribution in [1.29, 1.82) is 0 Å². The molecule has 0 aromatic heterocycles. The summed E-state index contributed by atoms with van der Waals surface area (Å²) in [5.74, 6) is -5.34. The van der Waals surface area contributed by atoms with E-state index in [4.69, 9.17) is 0 Å². The van der Waals surface area contributed by atoms with Crippen LogP contribution in [0.4, 0.5) is 5.69 Å². The van der Waals surface area contributed by atoms with Crippen molar-refractivity contribution in [3.8, 4) is 5.75 Å². The fourth-order valence-corrected chi connectivity index (χ4v) is 6.77. The van der Waals surface area contributed by atoms with Crippen LogP contribution in [0.3, 0.4) is 0 Å². The second-order valence-electron chi connectivity index (χ2n) is 9.86. The first-order valence-electron chi connectivity index (χ1n) is 12.1. The normalized spacial score (nSPS) is 26.5. The summed E-state index contributed by atoms with van der Waals surface area (Å²) in [4.78, 5) is 66.4. The van der Waals surface area contributed by atoms with Gasteiger partial charge in [0.15, 0.2) is 11.6 Å². The maximum atomic E-state index is 13.9. The second kappa shape index (κ2) is 8.73. The lowest BCUT2D eigenvalue weighted by molar-refractivity contribution is -0.123. The van der Waals surface area contributed by atoms with Gasteiger partial charge in [0.25, 0.3) is 0 Å². The van der Waals surface area contributed by atoms with Crippen LogP contribution in [0.15, 0.2) is 81.9 Å². The van der Waals surface area contributed by atoms with E-state index in [9.17, 15) is 34.2 Å². The minimum absolute atomic E-state index is 0.00368. The Morgan fingerprint density at radius 1 is 0.974 bits per heavy atom. The van der Waals surface area contributed by atoms with Gasteiger partial charge in [-0.2, -0.15) is 0 Å². The zero-order valence-corrected chi connectivity index (χ0v) is 21.3. The summed E-state index contributed by atoms with van der Waals surface area (Å²) in [6, 6.07) is 12.2. The molecular weight excluding hydrogens is 554 g/mol. The summed E-state index contributed by atoms with van der Waals surface area (Å²) in [6.45, 7) is 0. The zero-order chi connectivity index (χ0) is 26.9. The average Bonchev–Trinajstić information content (AvgIpc) is 3.15. The van der Waals surface area contributed by atoms with Crippen molar-refractivity contribution in [2.75, 3.05) is 4.90 Å². The third-order valence-corrected chi connectivity index (χ3v) is 8.48. The molecule has 0 radical (unpaired) electrons. The van der Waals surface area contributed by atoms with E-state index in [1.807, 2.05) is 6.08 Å². The van der Waals surface area contributed by atoms with Gasteiger partial charge in [-0.05, 0) is 70.6 Å². The Hall–Kier alpha value is -4.11. The number of carboxylic acid groups (broad SMARTS) is 1. The minimum Gasteiger partial charge on any atom is -0.508 e. The van der Waals surface area contributed by atoms with Gasteiger partial charge in [0.2, 0.25) is 11.8 Å². The minimum atomic E-state index is -1.17. The van der Waals surface area contributed by atoms with Crippen LogP contribution in [0.5, 0.6) is 5.75 Å². The molecule has 9 heteroatoms. The van der Waals surface area contributed by atoms with E-state index < -0.39 is 41.5 Å². The molecule has 8 nitrogen and oxygen atoms in total. The lowest BCUT2D eigenvalue weighted by Gasteiger charge is -2.42. The van der Waals surface area contributed by atoms with Gasteiger partial charge in [0.05, 0.1) is 27.6 Å². The Labute approximate surface area is 225 Å². The first-order valence-corrected chi connectivity index (χ1v) is 12.9. The number of carboxylic acids is 1. The number of nitrogens with zero attached hydrogens (tertiary/aromatic N) is 1. The van der Waals surface area contributed by atoms with Crippen LogP contribution < -0.4 is 4.90 Å². The van der Waals surface area contributed by atoms with Crippen molar-refractivity contribution < 1.29 is 34.2 Å². The SMILES string of the molecule is O=C1C=C(Br)C(=O)C2=C1C(c1cccc(O)c1)C1=CCC3C(=O)N(c4cccc(C(=O)O)c4)C(=O)C3C1C2. The number of rotatable bonds is 3. The molecular formula is C29H20BrNO7. The highest BCUT2D eigenvalue weighted by Crippen LogP contribution is 2.55. The van der Waals surface area contributed by atoms with E-state index in [0.717, 1.165) is 10.5 Å². The number of Topliss-reactive ketones (excluding diaryl/α,β-unsaturated/α-hetero) is 1. The van der Waals surface area contributed by atoms with Gasteiger partial charge in [-0.3, -0.25) is 24.1 Å². The van der Waals surface area contributed by atoms with Gasteiger partial charge in [-0.1, -0.05) is 29.8 Å². The van der Waals surface area contributed by atoms with E-state index in [-0.39, 0.29) is 45.9 Å². The number of carbonyl (C=O) groups excluding carboxylic acids is 4. The van der Waals surface area contributed by atoms with Crippen LogP contribution >= 0.6 is 15.9 Å². The number of hydrogen-bond acceptors (Lipinski definition) is 6. The number of imide groups is 1. The van der Waals surface area contributed by atoms with E-state index in [1.165, 1.54) is 36.4 Å². The number of phenolic OH excluding ortho intramolecular Hbond substituents is 1. The summed E-state index contributed by atoms with van der Waals surface area (Å²) in [5, 5.41) is 19.6. The molecule has 2 N–H and O–H groups in total. The van der Waals surface area contributed by atoms with Crippen LogP contribution in [0, 0.1) is 17.8 Å². The van der Waals surface area contributed by atoms with Gasteiger partial charge in [-0.25, -0.2) is 4.79 Å². The fourth-order valence-electron chi connectivity index (χ4n) is 6.32. The van der Waals surface area contributed by atoms with Crippen LogP contribution in [-0.2, 0) is 19.2 Å². The second-order valence-corrected chi connectivity index (χ2v) is 10.7. The number of hydrogen-bond donors (Lipinski definition) is 2. The third-order valence-electron chi connectivity index (χ3n) is 7.89. The fraction of sp³-hybridized carbons (Fsp3) is 0.207. The molecule has 2 amide bonds. The number of halogens is 1. The molecule has 4 aliphatic rings. The standard InChI is InChI=1S/C29H20BrNO7/c30-21-12-22(33)25-20(26(21)34)11-19-17(23(25)13-3-2-6-16(32)10-13)7-8-18-24(19)28(36)31(27(18)35)15-5-1-4-14(9-15)29(37)38/h1-7,9-10,12,18-19,23-24,32H,8,11H2,(H,37,38). The quantitative estimate of drug-likeness (QED) is 0.322. The Morgan fingerprint density at radius 2 is 1.74 bits per heavy atom. The monoisotopic (exact) mass is 573 g/mol. The van der Waals surface area contributed by atoms with Crippen molar-refractivity contribution in [2.24, 2.45) is 17.8 Å². The summed E-state index contributed by atoms with van der Waals surface area (Å²) >= 11 is 3.19. The van der Waals surface area contributed by atoms with Crippen molar-refractivity contribution in [3.05, 3.63) is 93.0 Å². The van der Waals surface area contributed by atoms with Crippen molar-refractivity contribution >= 4 is 51.0 Å². The topological polar surface area (TPSA) is 129 Å². The maximum absolute atomic E-state index is 13.9. The first-order chi connectivity index (χ1) is 18.2. The van der Waals surface area contributed by atoms with Crippen molar-refractivity contribution in [1.82, 2.24) is 0 Å². The van der Waals surface area contributed by atoms with E-state index in [0.29, 0.717) is 16.7 Å². The average molecular weight is 574 g/mol. The Morgan fingerprint density at radius 3 is 2.47 bits per heavy atom. The molecule has 6 rings (SSSR count). The van der Waals surface area contributed by atoms with Gasteiger partial charge in [-0.15, -0.1) is 0 Å². The van der Waals surface area contributed by atoms with E-state index in [2.05, 4.69) is 15.9 Å². The highest BCUT2D eigenvalue weighted by atomic mass is 79.9. The third kappa shape index (κ3) is 3.53. The number of phenols is 1. The predicted octanol–water partition coefficient (Wildman–Crippen LogP) is 4.06. The molecule has 1 aliphatic heterocycles. The number of aromatic carboxylic acids is 1. The largest absolute Gasteiger partial charge is 0.508 e. The molecule has 4 atom stereocenters. The van der Waals surface area contributed by atoms with Crippen LogP contribution in [0.1, 0.15) is 34.7 Å². The highest BCUT2D eigenvalue weighted by Gasteiger charge is 2.56. The smallest absolute Gasteiger partial charge is 0.335 e. The summed E-state index contributed by atoms with van der Waals surface area (Å²) in [5.41, 5.74) is 2.15. The number of fused-ring (bicyclic) bond motifs is 3. The molecule has 4 unspecified atom stereocenters. The lowest BCUT2D eigenvalue weighted by atomic mass is 9.59. The predicted molar refractivity (Wildman–Crippen MR) is 139 cm³/mol. The number of allylic oxidation sites excluding steroid dienone is 6. The molecule has 2 aromatic carbocycles. The Kier molecular flexibility index (Phi) is 5.57. The molecule has 38 heavy (non-hydrogen) atoms. The Bertz CT molecular complexity index is 1580. The van der Waals surface area contributed by atoms with Gasteiger partial charge >= 0.3 is 5.97 Å². The number of amides is 2. The number of ketones is 2. The lowest BCUT2D eigenvalue weighted by Crippen LogP contribution is -2.39. The molecule has 1 heterocycles. The number of benzene rings is 2. The van der Waals surface area contributed by atoms with Crippen molar-refractivity contribution in [2.45, 2.75) is 18.8 Å². The molecule has 2 aromatic rings. The Balaban J connectivity index is 1.47. The molecule has 190 valence electrons. The summed E-state index contributed by atoms with van der Waals surface area (Å²) in [7, 11) is 0. The molecule has 0 bridgehead atoms. The molecule has 1 saturated heterocycles. The highest BCUT2D eigenvalue weighted by molar-refractivity contribution is 9.12. The summed E-state index contributed by atoms with van der Waals surface area (Å²) < 4.78 is 0.136. The van der Waals surface area contributed by atoms with Crippen molar-refractivity contribution in [3.63, 3.8) is 0 Å². The van der Waals surface area contributed by atoms with Crippen LogP contribution in [0.25, 0.3) is 0 Å². The number of anilines is 1. The van der Waals surface area contributed by atoms with Crippen LogP contribution in [-0.4, -0.2) is 39.6 Å². The van der Waals surface area contributed by atoms with Gasteiger partial charge < -0.3 is 10.2 Å². The molecule has 0 spiro atoms.